The van der Waals surface area contributed by atoms with Crippen LogP contribution in [0.1, 0.15) is 18.5 Å². The Hall–Kier alpha value is -2.85. The zero-order chi connectivity index (χ0) is 22.6. The predicted molar refractivity (Wildman–Crippen MR) is 115 cm³/mol. The number of nitrogens with one attached hydrogen (secondary N) is 2. The number of hydrogen-bond donors (Lipinski definition) is 2. The lowest BCUT2D eigenvalue weighted by molar-refractivity contribution is -0.139. The number of urea groups is 1. The van der Waals surface area contributed by atoms with Gasteiger partial charge in [0.15, 0.2) is 9.84 Å². The van der Waals surface area contributed by atoms with Gasteiger partial charge in [-0.15, -0.1) is 11.8 Å². The number of amides is 2. The van der Waals surface area contributed by atoms with Crippen LogP contribution in [0.5, 0.6) is 0 Å². The molecule has 0 spiro atoms. The third-order valence-electron chi connectivity index (χ3n) is 4.61. The smallest absolute Gasteiger partial charge is 0.338 e. The molecule has 0 aliphatic carbocycles. The van der Waals surface area contributed by atoms with Gasteiger partial charge < -0.3 is 15.4 Å². The van der Waals surface area contributed by atoms with Gasteiger partial charge >= 0.3 is 12.0 Å². The lowest BCUT2D eigenvalue weighted by Gasteiger charge is -2.29. The molecule has 2 aromatic carbocycles. The molecule has 0 unspecified atom stereocenters. The zero-order valence-corrected chi connectivity index (χ0v) is 18.5. The number of hydrogen-bond acceptors (Lipinski definition) is 6. The molecule has 0 saturated heterocycles. The first-order valence-electron chi connectivity index (χ1n) is 9.35. The summed E-state index contributed by atoms with van der Waals surface area (Å²) >= 11 is 1.54. The zero-order valence-electron chi connectivity index (χ0n) is 16.8. The maximum atomic E-state index is 13.2. The maximum absolute atomic E-state index is 13.2. The van der Waals surface area contributed by atoms with E-state index in [0.717, 1.165) is 29.2 Å². The van der Waals surface area contributed by atoms with E-state index in [1.807, 2.05) is 18.4 Å². The molecule has 0 aromatic heterocycles. The van der Waals surface area contributed by atoms with Gasteiger partial charge in [-0.25, -0.2) is 22.4 Å². The van der Waals surface area contributed by atoms with Crippen molar-refractivity contribution in [1.82, 2.24) is 10.6 Å². The highest BCUT2D eigenvalue weighted by Gasteiger charge is 2.35. The number of carbonyl (C=O) groups excluding carboxylic acids is 2. The van der Waals surface area contributed by atoms with Gasteiger partial charge in [-0.1, -0.05) is 12.1 Å². The van der Waals surface area contributed by atoms with Gasteiger partial charge in [0, 0.05) is 10.6 Å². The third kappa shape index (κ3) is 5.26. The van der Waals surface area contributed by atoms with Crippen LogP contribution in [0.15, 0.2) is 69.6 Å². The van der Waals surface area contributed by atoms with Crippen molar-refractivity contribution in [3.05, 3.63) is 71.2 Å². The minimum atomic E-state index is -3.98. The van der Waals surface area contributed by atoms with Crippen molar-refractivity contribution in [2.45, 2.75) is 22.8 Å². The Kier molecular flexibility index (Phi) is 7.01. The molecule has 2 N–H and O–H groups in total. The van der Waals surface area contributed by atoms with E-state index < -0.39 is 39.4 Å². The Labute approximate surface area is 184 Å². The molecule has 2 aromatic rings. The van der Waals surface area contributed by atoms with Gasteiger partial charge in [0.1, 0.15) is 5.82 Å². The minimum absolute atomic E-state index is 0.00374. The molecule has 7 nitrogen and oxygen atoms in total. The maximum Gasteiger partial charge on any atom is 0.338 e. The summed E-state index contributed by atoms with van der Waals surface area (Å²) in [6, 6.07) is 10.00. The fraction of sp³-hybridized carbons (Fsp3) is 0.238. The topological polar surface area (TPSA) is 102 Å². The molecule has 10 heteroatoms. The van der Waals surface area contributed by atoms with Crippen molar-refractivity contribution in [3.8, 4) is 0 Å². The average molecular weight is 465 g/mol. The normalized spacial score (nSPS) is 16.5. The molecule has 1 heterocycles. The number of halogens is 1. The van der Waals surface area contributed by atoms with E-state index in [9.17, 15) is 22.4 Å². The first-order chi connectivity index (χ1) is 14.7. The molecule has 2 amide bonds. The van der Waals surface area contributed by atoms with E-state index in [1.165, 1.54) is 11.8 Å². The lowest BCUT2D eigenvalue weighted by atomic mass is 9.95. The predicted octanol–water partition coefficient (Wildman–Crippen LogP) is 3.19. The standard InChI is InChI=1S/C21H21FN2O5S2/c1-3-29-20(25)18-17(12-31(27,28)16-10-6-14(22)7-11-16)23-21(26)24-19(18)13-4-8-15(30-2)9-5-13/h4-11,19H,3,12H2,1-2H3,(H2,23,24,26)/t19-/m1/s1. The van der Waals surface area contributed by atoms with Crippen molar-refractivity contribution in [3.63, 3.8) is 0 Å². The number of carbonyl (C=O) groups is 2. The third-order valence-corrected chi connectivity index (χ3v) is 7.01. The molecule has 164 valence electrons. The summed E-state index contributed by atoms with van der Waals surface area (Å²) in [5.74, 6) is -1.97. The van der Waals surface area contributed by atoms with E-state index >= 15 is 0 Å². The van der Waals surface area contributed by atoms with Crippen molar-refractivity contribution >= 4 is 33.6 Å². The second kappa shape index (κ2) is 9.52. The summed E-state index contributed by atoms with van der Waals surface area (Å²) < 4.78 is 44.1. The molecule has 0 bridgehead atoms. The van der Waals surface area contributed by atoms with Gasteiger partial charge in [0.2, 0.25) is 0 Å². The second-order valence-electron chi connectivity index (χ2n) is 6.63. The van der Waals surface area contributed by atoms with Gasteiger partial charge in [-0.3, -0.25) is 0 Å². The molecule has 1 aliphatic heterocycles. The molecule has 1 aliphatic rings. The Balaban J connectivity index is 2.07. The summed E-state index contributed by atoms with van der Waals surface area (Å²) in [4.78, 5) is 25.9. The van der Waals surface area contributed by atoms with Gasteiger partial charge in [-0.2, -0.15) is 0 Å². The van der Waals surface area contributed by atoms with Crippen LogP contribution in [0.3, 0.4) is 0 Å². The Bertz CT molecular complexity index is 1110. The van der Waals surface area contributed by atoms with Crippen LogP contribution in [-0.4, -0.2) is 39.0 Å². The summed E-state index contributed by atoms with van der Waals surface area (Å²) in [5, 5.41) is 5.10. The number of sulfone groups is 1. The number of thioether (sulfide) groups is 1. The van der Waals surface area contributed by atoms with Crippen molar-refractivity contribution in [1.29, 1.82) is 0 Å². The van der Waals surface area contributed by atoms with Crippen molar-refractivity contribution in [2.75, 3.05) is 18.6 Å². The molecular formula is C21H21FN2O5S2. The van der Waals surface area contributed by atoms with Crippen LogP contribution < -0.4 is 10.6 Å². The lowest BCUT2D eigenvalue weighted by Crippen LogP contribution is -2.47. The highest BCUT2D eigenvalue weighted by atomic mass is 32.2. The van der Waals surface area contributed by atoms with Crippen LogP contribution in [0.2, 0.25) is 0 Å². The number of ether oxygens (including phenoxy) is 1. The average Bonchev–Trinajstić information content (AvgIpc) is 2.73. The first-order valence-corrected chi connectivity index (χ1v) is 12.2. The first kappa shape index (κ1) is 22.8. The van der Waals surface area contributed by atoms with Gasteiger partial charge in [0.25, 0.3) is 0 Å². The van der Waals surface area contributed by atoms with Crippen LogP contribution >= 0.6 is 11.8 Å². The summed E-state index contributed by atoms with van der Waals surface area (Å²) in [7, 11) is -3.98. The highest BCUT2D eigenvalue weighted by Crippen LogP contribution is 2.30. The van der Waals surface area contributed by atoms with E-state index in [-0.39, 0.29) is 22.8 Å². The number of rotatable bonds is 7. The van der Waals surface area contributed by atoms with Crippen LogP contribution in [0.25, 0.3) is 0 Å². The summed E-state index contributed by atoms with van der Waals surface area (Å²) in [5.41, 5.74) is 0.530. The largest absolute Gasteiger partial charge is 0.463 e. The Morgan fingerprint density at radius 2 is 1.77 bits per heavy atom. The Morgan fingerprint density at radius 1 is 1.13 bits per heavy atom. The van der Waals surface area contributed by atoms with Gasteiger partial charge in [0.05, 0.1) is 28.9 Å². The monoisotopic (exact) mass is 464 g/mol. The van der Waals surface area contributed by atoms with E-state index in [1.54, 1.807) is 19.1 Å². The van der Waals surface area contributed by atoms with Crippen molar-refractivity contribution < 1.29 is 27.1 Å². The molecule has 0 saturated carbocycles. The molecule has 3 rings (SSSR count). The molecule has 0 fully saturated rings. The van der Waals surface area contributed by atoms with Crippen LogP contribution in [-0.2, 0) is 19.4 Å². The fourth-order valence-electron chi connectivity index (χ4n) is 3.14. The molecular weight excluding hydrogens is 443 g/mol. The van der Waals surface area contributed by atoms with E-state index in [0.29, 0.717) is 5.56 Å². The molecule has 31 heavy (non-hydrogen) atoms. The molecule has 0 radical (unpaired) electrons. The summed E-state index contributed by atoms with van der Waals surface area (Å²) in [6.45, 7) is 1.71. The van der Waals surface area contributed by atoms with E-state index in [4.69, 9.17) is 4.74 Å². The van der Waals surface area contributed by atoms with Crippen LogP contribution in [0, 0.1) is 5.82 Å². The second-order valence-corrected chi connectivity index (χ2v) is 9.50. The van der Waals surface area contributed by atoms with Crippen LogP contribution in [0.4, 0.5) is 9.18 Å². The Morgan fingerprint density at radius 3 is 2.35 bits per heavy atom. The number of benzene rings is 2. The van der Waals surface area contributed by atoms with E-state index in [2.05, 4.69) is 10.6 Å². The number of esters is 1. The van der Waals surface area contributed by atoms with Gasteiger partial charge in [-0.05, 0) is 55.1 Å². The fourth-order valence-corrected chi connectivity index (χ4v) is 4.88. The summed E-state index contributed by atoms with van der Waals surface area (Å²) in [6.07, 6.45) is 1.92. The van der Waals surface area contributed by atoms with Crippen molar-refractivity contribution in [2.24, 2.45) is 0 Å². The SMILES string of the molecule is CCOC(=O)C1=C(CS(=O)(=O)c2ccc(F)cc2)NC(=O)N[C@@H]1c1ccc(SC)cc1. The molecule has 1 atom stereocenters. The highest BCUT2D eigenvalue weighted by molar-refractivity contribution is 7.98. The minimum Gasteiger partial charge on any atom is -0.463 e. The quantitative estimate of drug-likeness (QED) is 0.371.